The van der Waals surface area contributed by atoms with Gasteiger partial charge in [0.05, 0.1) is 12.5 Å². The summed E-state index contributed by atoms with van der Waals surface area (Å²) in [5, 5.41) is -0.481. The summed E-state index contributed by atoms with van der Waals surface area (Å²) < 4.78 is 59.0. The van der Waals surface area contributed by atoms with Crippen LogP contribution in [0.4, 0.5) is 0 Å². The number of H-pyrrole nitrogens is 1. The molecular formula is C62H98N4O15PSi+. The minimum absolute atomic E-state index is 0. The zero-order valence-electron chi connectivity index (χ0n) is 47.0. The smallest absolute Gasteiger partial charge is 0.457 e. The Balaban J connectivity index is -0.000000215. The molecule has 2 aliphatic heterocycles. The molecule has 0 bridgehead atoms. The fourth-order valence-electron chi connectivity index (χ4n) is 7.49. The Bertz CT molecular complexity index is 4150. The second kappa shape index (κ2) is 30.3. The zero-order chi connectivity index (χ0) is 60.9. The molecule has 2 fully saturated rings. The van der Waals surface area contributed by atoms with Crippen LogP contribution < -0.4 is 27.2 Å². The van der Waals surface area contributed by atoms with Gasteiger partial charge in [0.1, 0.15) is 48.8 Å². The molecule has 5 rings (SSSR count). The third-order valence-corrected chi connectivity index (χ3v) is 18.1. The summed E-state index contributed by atoms with van der Waals surface area (Å²) in [6.07, 6.45) is 1.91. The van der Waals surface area contributed by atoms with Crippen molar-refractivity contribution in [1.29, 1.82) is 0 Å². The first kappa shape index (κ1) is 64.3. The summed E-state index contributed by atoms with van der Waals surface area (Å²) in [4.78, 5) is 95.2. The average Bonchev–Trinajstić information content (AvgIpc) is 1.69. The van der Waals surface area contributed by atoms with Gasteiger partial charge in [0.2, 0.25) is 0 Å². The van der Waals surface area contributed by atoms with E-state index >= 15 is 0 Å². The lowest BCUT2D eigenvalue weighted by Crippen LogP contribution is -2.51. The van der Waals surface area contributed by atoms with Gasteiger partial charge in [-0.3, -0.25) is 33.3 Å². The molecule has 8 atom stereocenters. The minimum atomic E-state index is -2.99. The largest absolute Gasteiger partial charge is 0.697 e. The molecule has 4 heterocycles. The number of rotatable bonds is 16. The normalized spacial score (nSPS) is 18.2. The summed E-state index contributed by atoms with van der Waals surface area (Å²) in [7, 11) is -5.91. The van der Waals surface area contributed by atoms with E-state index in [4.69, 9.17) is 38.8 Å². The standard InChI is InChI=1S/C62H53N4O15PSi.22H2/c1-12-14-15-16-17-18-19-20-21-22-23-24-25-26-27-28-29-30-31-32-37-75-49-39-47(38-43(3)46(49)6)58(71)66-52(68)35-36-64(61(66)73)59-56(81-83(10,11)62(7,8)9)55(79-54(69)34-33-45(5)67)51(78-59)42-76-82(74)80-50-40-53(77-48(50)13-2)65-41-44(4)57(70)63-60(65)72;;;;;;;;;;;;;;;;;;;;;;/h1,35-36,38-39,41,48,50-51,53,55-56,59H,13,33-34,40,42H2,2-11H3;22*1H/p+1/t48-,50?,51-,53-,55?,56+,59-;;;;;;;;;;;;;;;;;;;;;;/m1....................../s1. The average molecular weight is 1200 g/mol. The van der Waals surface area contributed by atoms with E-state index in [1.165, 1.54) is 36.7 Å². The van der Waals surface area contributed by atoms with Gasteiger partial charge in [-0.15, -0.1) is 15.5 Å². The first-order valence-corrected chi connectivity index (χ1v) is 29.4. The number of aryl methyl sites for hydroxylation is 2. The summed E-state index contributed by atoms with van der Waals surface area (Å²) in [5.74, 6) is 47.0. The Hall–Kier alpha value is -9.53. The van der Waals surface area contributed by atoms with Crippen molar-refractivity contribution >= 4 is 34.2 Å². The van der Waals surface area contributed by atoms with E-state index in [1.54, 1.807) is 20.8 Å². The van der Waals surface area contributed by atoms with E-state index in [-0.39, 0.29) is 73.3 Å². The number of nitrogens with one attached hydrogen (secondary N) is 1. The lowest BCUT2D eigenvalue weighted by molar-refractivity contribution is -0.156. The number of esters is 1. The minimum Gasteiger partial charge on any atom is -0.457 e. The summed E-state index contributed by atoms with van der Waals surface area (Å²) in [5.41, 5.74) is -2.15. The van der Waals surface area contributed by atoms with Gasteiger partial charge in [0.15, 0.2) is 20.6 Å². The lowest BCUT2D eigenvalue weighted by Gasteiger charge is -2.40. The Labute approximate surface area is 515 Å². The number of nitrogens with zero attached hydrogens (tertiary/aromatic N) is 3. The lowest BCUT2D eigenvalue weighted by atomic mass is 10.0. The first-order chi connectivity index (χ1) is 39.5. The van der Waals surface area contributed by atoms with Crippen molar-refractivity contribution in [3.05, 3.63) is 94.5 Å². The van der Waals surface area contributed by atoms with Crippen LogP contribution in [0.3, 0.4) is 0 Å². The molecule has 464 valence electrons. The molecule has 0 amide bonds. The molecule has 0 aliphatic carbocycles. The van der Waals surface area contributed by atoms with Gasteiger partial charge in [-0.1, -0.05) is 27.7 Å². The van der Waals surface area contributed by atoms with Crippen LogP contribution >= 0.6 is 8.25 Å². The zero-order valence-corrected chi connectivity index (χ0v) is 48.8. The topological polar surface area (TPSA) is 232 Å². The van der Waals surface area contributed by atoms with Crippen LogP contribution in [-0.2, 0) is 41.8 Å². The van der Waals surface area contributed by atoms with Crippen LogP contribution in [0.15, 0.2) is 49.8 Å². The molecular weight excluding hydrogens is 1100 g/mol. The van der Waals surface area contributed by atoms with Crippen molar-refractivity contribution in [1.82, 2.24) is 18.7 Å². The van der Waals surface area contributed by atoms with Gasteiger partial charge in [-0.05, 0) is 123 Å². The summed E-state index contributed by atoms with van der Waals surface area (Å²) in [6, 6.07) is 3.75. The van der Waals surface area contributed by atoms with Gasteiger partial charge in [-0.2, -0.15) is 4.57 Å². The van der Waals surface area contributed by atoms with Gasteiger partial charge in [0.25, 0.3) is 17.0 Å². The number of benzene rings is 1. The first-order valence-electron chi connectivity index (χ1n) is 25.4. The van der Waals surface area contributed by atoms with Gasteiger partial charge in [-0.25, -0.2) is 9.59 Å². The Kier molecular flexibility index (Phi) is 23.5. The summed E-state index contributed by atoms with van der Waals surface area (Å²) >= 11 is 0. The maximum Gasteiger partial charge on any atom is 0.697 e. The fourth-order valence-corrected chi connectivity index (χ4v) is 9.55. The number of ether oxygens (including phenoxy) is 4. The van der Waals surface area contributed by atoms with Crippen molar-refractivity contribution in [2.24, 2.45) is 0 Å². The van der Waals surface area contributed by atoms with Gasteiger partial charge in [0, 0.05) is 149 Å². The van der Waals surface area contributed by atoms with Crippen LogP contribution in [0, 0.1) is 152 Å². The SMILES string of the molecule is C#CC#CC#CC#CC#CC#CC#CC#CC#CC#CC#COc1cc(C(=O)n2c(=O)ccn([C@@H]3O[C@H](CO[P+](=O)OC4C[C@H](n5cc(C)c(=O)[nH]c5=O)O[C@@H]4CC)C(OC(=O)CCC(C)=O)[C@@H]3O[Si](C)(C)C(C)(C)C)c2=O)cc(C)c1C.[HH].[HH].[HH].[HH].[HH].[HH].[HH].[HH].[HH].[HH].[HH].[HH].[HH].[HH].[HH].[HH].[HH].[HH].[HH].[HH].[HH].[HH]. The molecule has 1 N–H and O–H groups in total. The molecule has 3 aromatic rings. The van der Waals surface area contributed by atoms with E-state index in [9.17, 15) is 38.1 Å². The van der Waals surface area contributed by atoms with E-state index in [0.717, 1.165) is 16.8 Å². The highest BCUT2D eigenvalue weighted by atomic mass is 31.1. The van der Waals surface area contributed by atoms with Crippen molar-refractivity contribution < 1.29 is 82.8 Å². The van der Waals surface area contributed by atoms with E-state index in [1.807, 2.05) is 33.9 Å². The molecule has 3 unspecified atom stereocenters. The number of carbonyl (C=O) groups is 3. The number of hydrogen-bond acceptors (Lipinski definition) is 15. The van der Waals surface area contributed by atoms with Crippen molar-refractivity contribution in [3.63, 3.8) is 0 Å². The molecule has 0 spiro atoms. The maximum absolute atomic E-state index is 14.7. The fraction of sp³-hybridized carbons (Fsp3) is 0.371. The quantitative estimate of drug-likeness (QED) is 0.0608. The third kappa shape index (κ3) is 18.2. The third-order valence-electron chi connectivity index (χ3n) is 12.8. The number of carbonyl (C=O) groups excluding carboxylic acids is 3. The highest BCUT2D eigenvalue weighted by Gasteiger charge is 2.54. The molecule has 0 radical (unpaired) electrons. The van der Waals surface area contributed by atoms with Crippen LogP contribution in [0.5, 0.6) is 5.75 Å². The number of Topliss-reactive ketones (excluding diaryl/α,β-unsaturated/α-hetero) is 1. The number of ketones is 1. The second-order valence-corrected chi connectivity index (χ2v) is 25.3. The second-order valence-electron chi connectivity index (χ2n) is 19.6. The predicted octanol–water partition coefficient (Wildman–Crippen LogP) is 9.91. The highest BCUT2D eigenvalue weighted by Crippen LogP contribution is 2.44. The monoisotopic (exact) mass is 1200 g/mol. The molecule has 2 aliphatic rings. The Morgan fingerprint density at radius 1 is 0.795 bits per heavy atom. The van der Waals surface area contributed by atoms with Gasteiger partial charge < -0.3 is 28.2 Å². The molecule has 0 saturated carbocycles. The van der Waals surface area contributed by atoms with Gasteiger partial charge >= 0.3 is 25.6 Å². The molecule has 21 heteroatoms. The van der Waals surface area contributed by atoms with Crippen molar-refractivity contribution in [3.8, 4) is 137 Å². The highest BCUT2D eigenvalue weighted by molar-refractivity contribution is 7.33. The molecule has 83 heavy (non-hydrogen) atoms. The van der Waals surface area contributed by atoms with E-state index < -0.39 is 106 Å². The van der Waals surface area contributed by atoms with Crippen LogP contribution in [0.2, 0.25) is 18.1 Å². The number of hydrogen-bond donors (Lipinski definition) is 1. The molecule has 1 aromatic carbocycles. The van der Waals surface area contributed by atoms with Crippen molar-refractivity contribution in [2.75, 3.05) is 6.61 Å². The Morgan fingerprint density at radius 3 is 1.93 bits per heavy atom. The summed E-state index contributed by atoms with van der Waals surface area (Å²) in [6.45, 7) is 17.1. The van der Waals surface area contributed by atoms with Crippen LogP contribution in [-0.4, -0.2) is 81.8 Å². The van der Waals surface area contributed by atoms with E-state index in [2.05, 4.69) is 129 Å². The molecule has 2 aromatic heterocycles. The number of aromatic amines is 1. The number of aromatic nitrogens is 4. The van der Waals surface area contributed by atoms with E-state index in [0.29, 0.717) is 22.1 Å². The van der Waals surface area contributed by atoms with Crippen molar-refractivity contribution in [2.45, 2.75) is 142 Å². The molecule has 19 nitrogen and oxygen atoms in total. The Morgan fingerprint density at radius 2 is 1.37 bits per heavy atom. The predicted molar refractivity (Wildman–Crippen MR) is 353 cm³/mol. The van der Waals surface area contributed by atoms with Crippen LogP contribution in [0.1, 0.15) is 131 Å². The van der Waals surface area contributed by atoms with Crippen LogP contribution in [0.25, 0.3) is 0 Å². The maximum atomic E-state index is 14.7. The molecule has 2 saturated heterocycles. The number of terminal acetylenes is 1.